The van der Waals surface area contributed by atoms with Crippen molar-refractivity contribution in [2.24, 2.45) is 0 Å². The molecule has 0 aliphatic carbocycles. The van der Waals surface area contributed by atoms with Crippen molar-refractivity contribution >= 4 is 29.0 Å². The normalized spacial score (nSPS) is 10.4. The second kappa shape index (κ2) is 3.48. The number of anilines is 1. The summed E-state index contributed by atoms with van der Waals surface area (Å²) in [6.45, 7) is 0. The lowest BCUT2D eigenvalue weighted by Crippen LogP contribution is -1.98. The Morgan fingerprint density at radius 3 is 2.21 bits per heavy atom. The van der Waals surface area contributed by atoms with Gasteiger partial charge in [-0.25, -0.2) is 0 Å². The number of hydrogen-bond donors (Lipinski definition) is 1. The van der Waals surface area contributed by atoms with Gasteiger partial charge in [0.05, 0.1) is 5.69 Å². The summed E-state index contributed by atoms with van der Waals surface area (Å²) in [7, 11) is 0. The maximum Gasteiger partial charge on any atom is 0.195 e. The Kier molecular flexibility index (Phi) is 2.31. The van der Waals surface area contributed by atoms with Crippen LogP contribution in [0.15, 0.2) is 24.3 Å². The number of halogens is 2. The lowest BCUT2D eigenvalue weighted by molar-refractivity contribution is 0.755. The number of nitrogen functional groups attached to an aromatic ring is 1. The first-order chi connectivity index (χ1) is 6.66. The molecule has 0 saturated carbocycles. The molecule has 1 aromatic heterocycles. The first-order valence-corrected chi connectivity index (χ1v) is 4.56. The van der Waals surface area contributed by atoms with Crippen LogP contribution in [0.4, 0.5) is 5.82 Å². The van der Waals surface area contributed by atoms with Crippen LogP contribution in [0.5, 0.6) is 0 Å². The average Bonchev–Trinajstić information content (AvgIpc) is 2.48. The molecule has 6 heteroatoms. The number of benzene rings is 1. The third kappa shape index (κ3) is 1.66. The van der Waals surface area contributed by atoms with E-state index in [2.05, 4.69) is 10.2 Å². The van der Waals surface area contributed by atoms with E-state index in [0.29, 0.717) is 5.02 Å². The van der Waals surface area contributed by atoms with Crippen molar-refractivity contribution in [3.8, 4) is 5.69 Å². The molecule has 2 rings (SSSR count). The van der Waals surface area contributed by atoms with E-state index in [9.17, 15) is 0 Å². The molecule has 0 spiro atoms. The summed E-state index contributed by atoms with van der Waals surface area (Å²) in [5.41, 5.74) is 6.21. The predicted molar refractivity (Wildman–Crippen MR) is 55.8 cm³/mol. The van der Waals surface area contributed by atoms with Gasteiger partial charge < -0.3 is 5.73 Å². The minimum Gasteiger partial charge on any atom is -0.380 e. The monoisotopic (exact) mass is 228 g/mol. The molecule has 1 aromatic carbocycles. The molecule has 4 nitrogen and oxygen atoms in total. The second-order valence-electron chi connectivity index (χ2n) is 2.64. The molecular weight excluding hydrogens is 223 g/mol. The lowest BCUT2D eigenvalue weighted by atomic mass is 10.3. The van der Waals surface area contributed by atoms with Crippen LogP contribution in [-0.2, 0) is 0 Å². The van der Waals surface area contributed by atoms with Gasteiger partial charge in [-0.2, -0.15) is 0 Å². The molecule has 0 fully saturated rings. The van der Waals surface area contributed by atoms with Gasteiger partial charge in [-0.1, -0.05) is 23.2 Å². The predicted octanol–water partition coefficient (Wildman–Crippen LogP) is 2.16. The molecule has 0 saturated heterocycles. The highest BCUT2D eigenvalue weighted by Crippen LogP contribution is 2.16. The Balaban J connectivity index is 2.44. The summed E-state index contributed by atoms with van der Waals surface area (Å²) in [6, 6.07) is 7.03. The van der Waals surface area contributed by atoms with Crippen molar-refractivity contribution in [1.29, 1.82) is 0 Å². The summed E-state index contributed by atoms with van der Waals surface area (Å²) in [5.74, 6) is 0.210. The number of rotatable bonds is 1. The van der Waals surface area contributed by atoms with Crippen LogP contribution in [0.1, 0.15) is 0 Å². The summed E-state index contributed by atoms with van der Waals surface area (Å²) in [5, 5.41) is 8.68. The Morgan fingerprint density at radius 1 is 1.07 bits per heavy atom. The third-order valence-electron chi connectivity index (χ3n) is 1.65. The van der Waals surface area contributed by atoms with Crippen molar-refractivity contribution in [3.63, 3.8) is 0 Å². The van der Waals surface area contributed by atoms with Crippen LogP contribution < -0.4 is 5.73 Å². The summed E-state index contributed by atoms with van der Waals surface area (Å²) in [6.07, 6.45) is 0. The van der Waals surface area contributed by atoms with E-state index in [1.807, 2.05) is 0 Å². The lowest BCUT2D eigenvalue weighted by Gasteiger charge is -1.97. The van der Waals surface area contributed by atoms with Gasteiger partial charge in [0.15, 0.2) is 11.0 Å². The number of hydrogen-bond acceptors (Lipinski definition) is 3. The summed E-state index contributed by atoms with van der Waals surface area (Å²) in [4.78, 5) is 1.36. The topological polar surface area (TPSA) is 56.7 Å². The molecule has 0 aliphatic heterocycles. The van der Waals surface area contributed by atoms with E-state index in [1.54, 1.807) is 24.3 Å². The molecule has 14 heavy (non-hydrogen) atoms. The Hall–Kier alpha value is -1.26. The zero-order valence-corrected chi connectivity index (χ0v) is 8.50. The minimum atomic E-state index is 0.194. The van der Waals surface area contributed by atoms with E-state index < -0.39 is 0 Å². The van der Waals surface area contributed by atoms with Crippen LogP contribution in [0.3, 0.4) is 0 Å². The van der Waals surface area contributed by atoms with Gasteiger partial charge in [-0.3, -0.25) is 0 Å². The zero-order valence-electron chi connectivity index (χ0n) is 6.98. The molecule has 0 radical (unpaired) electrons. The zero-order chi connectivity index (χ0) is 10.1. The first-order valence-electron chi connectivity index (χ1n) is 3.81. The average molecular weight is 229 g/mol. The molecule has 0 unspecified atom stereocenters. The molecule has 2 N–H and O–H groups in total. The van der Waals surface area contributed by atoms with Gasteiger partial charge in [-0.05, 0) is 24.3 Å². The van der Waals surface area contributed by atoms with E-state index in [-0.39, 0.29) is 11.0 Å². The smallest absolute Gasteiger partial charge is 0.195 e. The third-order valence-corrected chi connectivity index (χ3v) is 2.18. The maximum absolute atomic E-state index is 5.73. The van der Waals surface area contributed by atoms with Crippen molar-refractivity contribution in [2.45, 2.75) is 0 Å². The maximum atomic E-state index is 5.73. The molecule has 1 heterocycles. The summed E-state index contributed by atoms with van der Waals surface area (Å²) < 4.78 is 0. The summed E-state index contributed by atoms with van der Waals surface area (Å²) >= 11 is 11.4. The molecule has 0 atom stereocenters. The highest BCUT2D eigenvalue weighted by Gasteiger charge is 2.05. The second-order valence-corrected chi connectivity index (χ2v) is 3.44. The molecule has 2 aromatic rings. The number of nitrogens with two attached hydrogens (primary N) is 1. The fourth-order valence-electron chi connectivity index (χ4n) is 0.990. The van der Waals surface area contributed by atoms with Gasteiger partial charge in [0.2, 0.25) is 0 Å². The largest absolute Gasteiger partial charge is 0.380 e. The standard InChI is InChI=1S/C8H6Cl2N4/c9-5-1-3-6(4-2-5)14-12-7(10)8(11)13-14/h1-4H,(H2,11,13). The van der Waals surface area contributed by atoms with Crippen molar-refractivity contribution < 1.29 is 0 Å². The van der Waals surface area contributed by atoms with Crippen LogP contribution in [0, 0.1) is 0 Å². The van der Waals surface area contributed by atoms with Gasteiger partial charge in [0.1, 0.15) is 0 Å². The molecular formula is C8H6Cl2N4. The Labute approximate surface area is 90.2 Å². The fourth-order valence-corrected chi connectivity index (χ4v) is 1.23. The number of nitrogens with zero attached hydrogens (tertiary/aromatic N) is 3. The van der Waals surface area contributed by atoms with Crippen LogP contribution in [-0.4, -0.2) is 15.0 Å². The van der Waals surface area contributed by atoms with Crippen LogP contribution >= 0.6 is 23.2 Å². The molecule has 0 amide bonds. The Bertz CT molecular complexity index is 429. The van der Waals surface area contributed by atoms with Crippen LogP contribution in [0.25, 0.3) is 5.69 Å². The fraction of sp³-hybridized carbons (Fsp3) is 0. The highest BCUT2D eigenvalue weighted by molar-refractivity contribution is 6.31. The van der Waals surface area contributed by atoms with Gasteiger partial charge in [-0.15, -0.1) is 15.0 Å². The number of aromatic nitrogens is 3. The Morgan fingerprint density at radius 2 is 1.71 bits per heavy atom. The van der Waals surface area contributed by atoms with Gasteiger partial charge >= 0.3 is 0 Å². The van der Waals surface area contributed by atoms with Crippen molar-refractivity contribution in [1.82, 2.24) is 15.0 Å². The van der Waals surface area contributed by atoms with Gasteiger partial charge in [0, 0.05) is 5.02 Å². The highest BCUT2D eigenvalue weighted by atomic mass is 35.5. The van der Waals surface area contributed by atoms with Gasteiger partial charge in [0.25, 0.3) is 0 Å². The van der Waals surface area contributed by atoms with Crippen LogP contribution in [0.2, 0.25) is 10.2 Å². The van der Waals surface area contributed by atoms with E-state index in [0.717, 1.165) is 5.69 Å². The quantitative estimate of drug-likeness (QED) is 0.814. The van der Waals surface area contributed by atoms with E-state index in [4.69, 9.17) is 28.9 Å². The molecule has 0 bridgehead atoms. The molecule has 72 valence electrons. The van der Waals surface area contributed by atoms with Crippen molar-refractivity contribution in [3.05, 3.63) is 34.4 Å². The van der Waals surface area contributed by atoms with E-state index >= 15 is 0 Å². The first kappa shape index (κ1) is 9.30. The van der Waals surface area contributed by atoms with E-state index in [1.165, 1.54) is 4.80 Å². The van der Waals surface area contributed by atoms with Crippen molar-refractivity contribution in [2.75, 3.05) is 5.73 Å². The SMILES string of the molecule is Nc1nn(-c2ccc(Cl)cc2)nc1Cl. The molecule has 0 aliphatic rings. The minimum absolute atomic E-state index is 0.194.